The maximum absolute atomic E-state index is 5.44. The van der Waals surface area contributed by atoms with Crippen LogP contribution in [0.1, 0.15) is 25.6 Å². The lowest BCUT2D eigenvalue weighted by Gasteiger charge is -2.11. The van der Waals surface area contributed by atoms with Crippen LogP contribution in [-0.2, 0) is 0 Å². The zero-order chi connectivity index (χ0) is 10.6. The molecule has 1 aromatic rings. The molecule has 0 bridgehead atoms. The summed E-state index contributed by atoms with van der Waals surface area (Å²) in [5.74, 6) is 5.44. The van der Waals surface area contributed by atoms with E-state index in [2.05, 4.69) is 26.3 Å². The standard InChI is InChI=1S/C10H14BrN3/c1-7(2)5-10(14-12)9-4-3-8(11)6-13-9/h3-6,10,14H,12H2,1-2H3. The quantitative estimate of drug-likeness (QED) is 0.495. The number of rotatable bonds is 3. The minimum Gasteiger partial charge on any atom is -0.271 e. The number of allylic oxidation sites excluding steroid dienone is 1. The Bertz CT molecular complexity index is 315. The molecule has 1 unspecified atom stereocenters. The molecular weight excluding hydrogens is 242 g/mol. The number of pyridine rings is 1. The Hall–Kier alpha value is -0.710. The largest absolute Gasteiger partial charge is 0.271 e. The molecule has 3 N–H and O–H groups in total. The topological polar surface area (TPSA) is 50.9 Å². The van der Waals surface area contributed by atoms with E-state index in [4.69, 9.17) is 5.84 Å². The zero-order valence-electron chi connectivity index (χ0n) is 8.29. The normalized spacial score (nSPS) is 12.3. The summed E-state index contributed by atoms with van der Waals surface area (Å²) in [4.78, 5) is 4.27. The van der Waals surface area contributed by atoms with E-state index < -0.39 is 0 Å². The Labute approximate surface area is 92.5 Å². The minimum absolute atomic E-state index is 0.0203. The fourth-order valence-electron chi connectivity index (χ4n) is 1.12. The smallest absolute Gasteiger partial charge is 0.0814 e. The lowest BCUT2D eigenvalue weighted by Crippen LogP contribution is -2.27. The third-order valence-electron chi connectivity index (χ3n) is 1.75. The van der Waals surface area contributed by atoms with Crippen LogP contribution >= 0.6 is 15.9 Å². The van der Waals surface area contributed by atoms with Crippen molar-refractivity contribution >= 4 is 15.9 Å². The highest BCUT2D eigenvalue weighted by Crippen LogP contribution is 2.15. The number of aromatic nitrogens is 1. The van der Waals surface area contributed by atoms with Crippen molar-refractivity contribution < 1.29 is 0 Å². The highest BCUT2D eigenvalue weighted by atomic mass is 79.9. The fraction of sp³-hybridized carbons (Fsp3) is 0.300. The summed E-state index contributed by atoms with van der Waals surface area (Å²) in [6.07, 6.45) is 3.80. The molecule has 0 saturated carbocycles. The van der Waals surface area contributed by atoms with Crippen LogP contribution in [0.5, 0.6) is 0 Å². The average molecular weight is 256 g/mol. The maximum Gasteiger partial charge on any atom is 0.0814 e. The lowest BCUT2D eigenvalue weighted by atomic mass is 10.1. The predicted octanol–water partition coefficient (Wildman–Crippen LogP) is 2.31. The number of nitrogens with zero attached hydrogens (tertiary/aromatic N) is 1. The van der Waals surface area contributed by atoms with Gasteiger partial charge in [0.25, 0.3) is 0 Å². The number of nitrogens with two attached hydrogens (primary N) is 1. The van der Waals surface area contributed by atoms with Crippen molar-refractivity contribution in [1.29, 1.82) is 0 Å². The first-order valence-corrected chi connectivity index (χ1v) is 5.15. The molecule has 14 heavy (non-hydrogen) atoms. The van der Waals surface area contributed by atoms with Crippen LogP contribution in [0.15, 0.2) is 34.5 Å². The van der Waals surface area contributed by atoms with Gasteiger partial charge in [-0.2, -0.15) is 0 Å². The number of nitrogens with one attached hydrogen (secondary N) is 1. The summed E-state index contributed by atoms with van der Waals surface area (Å²) in [6.45, 7) is 4.06. The molecule has 1 atom stereocenters. The van der Waals surface area contributed by atoms with E-state index in [1.165, 1.54) is 5.57 Å². The van der Waals surface area contributed by atoms with Gasteiger partial charge in [-0.1, -0.05) is 11.6 Å². The predicted molar refractivity (Wildman–Crippen MR) is 61.4 cm³/mol. The van der Waals surface area contributed by atoms with E-state index in [1.807, 2.05) is 32.1 Å². The first kappa shape index (κ1) is 11.4. The second-order valence-electron chi connectivity index (χ2n) is 3.29. The lowest BCUT2D eigenvalue weighted by molar-refractivity contribution is 0.635. The van der Waals surface area contributed by atoms with E-state index in [-0.39, 0.29) is 6.04 Å². The van der Waals surface area contributed by atoms with Gasteiger partial charge in [-0.3, -0.25) is 10.8 Å². The van der Waals surface area contributed by atoms with Crippen molar-refractivity contribution in [3.8, 4) is 0 Å². The van der Waals surface area contributed by atoms with Crippen LogP contribution in [0.25, 0.3) is 0 Å². The van der Waals surface area contributed by atoms with Crippen molar-refractivity contribution in [1.82, 2.24) is 10.4 Å². The van der Waals surface area contributed by atoms with Crippen LogP contribution in [-0.4, -0.2) is 4.98 Å². The van der Waals surface area contributed by atoms with Gasteiger partial charge in [-0.25, -0.2) is 5.43 Å². The van der Waals surface area contributed by atoms with E-state index in [1.54, 1.807) is 6.20 Å². The highest BCUT2D eigenvalue weighted by molar-refractivity contribution is 9.10. The van der Waals surface area contributed by atoms with Gasteiger partial charge in [-0.15, -0.1) is 0 Å². The van der Waals surface area contributed by atoms with Gasteiger partial charge < -0.3 is 0 Å². The van der Waals surface area contributed by atoms with Crippen LogP contribution in [0.4, 0.5) is 0 Å². The fourth-order valence-corrected chi connectivity index (χ4v) is 1.36. The number of hydrogen-bond donors (Lipinski definition) is 2. The Morgan fingerprint density at radius 2 is 2.29 bits per heavy atom. The third-order valence-corrected chi connectivity index (χ3v) is 2.22. The SMILES string of the molecule is CC(C)=CC(NN)c1ccc(Br)cn1. The number of hydrazine groups is 1. The Kier molecular flexibility index (Phi) is 4.25. The molecule has 4 heteroatoms. The Morgan fingerprint density at radius 3 is 2.71 bits per heavy atom. The second kappa shape index (κ2) is 5.24. The Morgan fingerprint density at radius 1 is 1.57 bits per heavy atom. The molecule has 0 aromatic carbocycles. The summed E-state index contributed by atoms with van der Waals surface area (Å²) in [6, 6.07) is 3.87. The average Bonchev–Trinajstić information content (AvgIpc) is 2.15. The van der Waals surface area contributed by atoms with Crippen LogP contribution < -0.4 is 11.3 Å². The first-order valence-electron chi connectivity index (χ1n) is 4.36. The molecule has 0 fully saturated rings. The molecule has 1 aromatic heterocycles. The first-order chi connectivity index (χ1) is 6.63. The van der Waals surface area contributed by atoms with Crippen LogP contribution in [0.3, 0.4) is 0 Å². The van der Waals surface area contributed by atoms with Crippen LogP contribution in [0.2, 0.25) is 0 Å². The van der Waals surface area contributed by atoms with Crippen LogP contribution in [0, 0.1) is 0 Å². The van der Waals surface area contributed by atoms with Gasteiger partial charge in [0.05, 0.1) is 11.7 Å². The minimum atomic E-state index is -0.0203. The molecule has 76 valence electrons. The third kappa shape index (κ3) is 3.21. The van der Waals surface area contributed by atoms with Gasteiger partial charge >= 0.3 is 0 Å². The molecule has 1 heterocycles. The van der Waals surface area contributed by atoms with Gasteiger partial charge in [0.1, 0.15) is 0 Å². The van der Waals surface area contributed by atoms with Crippen molar-refractivity contribution in [3.63, 3.8) is 0 Å². The summed E-state index contributed by atoms with van der Waals surface area (Å²) in [5, 5.41) is 0. The molecule has 0 aliphatic heterocycles. The summed E-state index contributed by atoms with van der Waals surface area (Å²) >= 11 is 3.34. The molecule has 3 nitrogen and oxygen atoms in total. The Balaban J connectivity index is 2.90. The summed E-state index contributed by atoms with van der Waals surface area (Å²) < 4.78 is 0.967. The van der Waals surface area contributed by atoms with Crippen molar-refractivity contribution in [2.24, 2.45) is 5.84 Å². The van der Waals surface area contributed by atoms with Gasteiger partial charge in [-0.05, 0) is 41.9 Å². The van der Waals surface area contributed by atoms with E-state index in [0.717, 1.165) is 10.2 Å². The van der Waals surface area contributed by atoms with Gasteiger partial charge in [0, 0.05) is 10.7 Å². The van der Waals surface area contributed by atoms with Gasteiger partial charge in [0.15, 0.2) is 0 Å². The monoisotopic (exact) mass is 255 g/mol. The van der Waals surface area contributed by atoms with E-state index in [9.17, 15) is 0 Å². The number of halogens is 1. The second-order valence-corrected chi connectivity index (χ2v) is 4.21. The molecule has 0 saturated heterocycles. The van der Waals surface area contributed by atoms with Crippen molar-refractivity contribution in [3.05, 3.63) is 40.1 Å². The molecule has 0 spiro atoms. The number of hydrogen-bond acceptors (Lipinski definition) is 3. The van der Waals surface area contributed by atoms with E-state index in [0.29, 0.717) is 0 Å². The highest BCUT2D eigenvalue weighted by Gasteiger charge is 2.06. The van der Waals surface area contributed by atoms with Crippen molar-refractivity contribution in [2.45, 2.75) is 19.9 Å². The summed E-state index contributed by atoms with van der Waals surface area (Å²) in [5.41, 5.74) is 4.83. The van der Waals surface area contributed by atoms with E-state index >= 15 is 0 Å². The molecule has 0 radical (unpaired) electrons. The molecule has 0 aliphatic carbocycles. The van der Waals surface area contributed by atoms with Crippen molar-refractivity contribution in [2.75, 3.05) is 0 Å². The van der Waals surface area contributed by atoms with Gasteiger partial charge in [0.2, 0.25) is 0 Å². The maximum atomic E-state index is 5.44. The molecule has 0 amide bonds. The zero-order valence-corrected chi connectivity index (χ0v) is 9.88. The molecule has 0 aliphatic rings. The molecular formula is C10H14BrN3. The molecule has 1 rings (SSSR count). The summed E-state index contributed by atoms with van der Waals surface area (Å²) in [7, 11) is 0.